The maximum Gasteiger partial charge on any atom is 0.410 e. The lowest BCUT2D eigenvalue weighted by molar-refractivity contribution is 0.0269. The van der Waals surface area contributed by atoms with E-state index in [1.165, 1.54) is 0 Å². The summed E-state index contributed by atoms with van der Waals surface area (Å²) >= 11 is 0. The summed E-state index contributed by atoms with van der Waals surface area (Å²) in [6.07, 6.45) is -0.159. The van der Waals surface area contributed by atoms with Crippen LogP contribution < -0.4 is 5.32 Å². The molecule has 1 N–H and O–H groups in total. The van der Waals surface area contributed by atoms with Gasteiger partial charge in [-0.05, 0) is 32.6 Å². The van der Waals surface area contributed by atoms with Crippen LogP contribution in [-0.4, -0.2) is 41.8 Å². The molecule has 0 aromatic rings. The van der Waals surface area contributed by atoms with E-state index in [-0.39, 0.29) is 11.7 Å². The maximum atomic E-state index is 11.8. The van der Waals surface area contributed by atoms with Crippen LogP contribution >= 0.6 is 0 Å². The van der Waals surface area contributed by atoms with Crippen molar-refractivity contribution in [1.82, 2.24) is 10.2 Å². The molecule has 0 aromatic carbocycles. The van der Waals surface area contributed by atoms with E-state index in [9.17, 15) is 4.79 Å². The van der Waals surface area contributed by atoms with Gasteiger partial charge in [0.1, 0.15) is 5.60 Å². The second-order valence-electron chi connectivity index (χ2n) is 6.56. The molecule has 2 rings (SSSR count). The first-order chi connectivity index (χ1) is 7.78. The molecule has 4 nitrogen and oxygen atoms in total. The molecule has 0 radical (unpaired) electrons. The zero-order valence-corrected chi connectivity index (χ0v) is 11.5. The average molecular weight is 240 g/mol. The fraction of sp³-hybridized carbons (Fsp3) is 0.923. The third-order valence-electron chi connectivity index (χ3n) is 3.37. The Morgan fingerprint density at radius 1 is 1.29 bits per heavy atom. The van der Waals surface area contributed by atoms with Gasteiger partial charge in [0.25, 0.3) is 0 Å². The van der Waals surface area contributed by atoms with E-state index >= 15 is 0 Å². The minimum atomic E-state index is -0.389. The second kappa shape index (κ2) is 4.16. The summed E-state index contributed by atoms with van der Waals surface area (Å²) < 4.78 is 5.37. The molecule has 0 bridgehead atoms. The van der Waals surface area contributed by atoms with Crippen molar-refractivity contribution in [2.24, 2.45) is 11.8 Å². The van der Waals surface area contributed by atoms with Gasteiger partial charge in [0, 0.05) is 25.2 Å². The summed E-state index contributed by atoms with van der Waals surface area (Å²) in [5, 5.41) is 3.55. The third kappa shape index (κ3) is 2.92. The standard InChI is InChI=1S/C13H24N2O2/c1-8(2)14-11-9-6-15(7-10(9)11)12(16)17-13(3,4)5/h8-11,14H,6-7H2,1-5H3. The highest BCUT2D eigenvalue weighted by atomic mass is 16.6. The molecule has 0 aromatic heterocycles. The minimum Gasteiger partial charge on any atom is -0.444 e. The van der Waals surface area contributed by atoms with E-state index < -0.39 is 0 Å². The number of carbonyl (C=O) groups is 1. The van der Waals surface area contributed by atoms with Gasteiger partial charge in [-0.2, -0.15) is 0 Å². The SMILES string of the molecule is CC(C)NC1C2CN(C(=O)OC(C)(C)C)CC21. The Kier molecular flexibility index (Phi) is 3.10. The van der Waals surface area contributed by atoms with E-state index in [1.54, 1.807) is 0 Å². The number of ether oxygens (including phenoxy) is 1. The lowest BCUT2D eigenvalue weighted by Gasteiger charge is -2.26. The Hall–Kier alpha value is -0.770. The lowest BCUT2D eigenvalue weighted by atomic mass is 10.2. The van der Waals surface area contributed by atoms with Gasteiger partial charge in [-0.25, -0.2) is 4.79 Å². The molecule has 17 heavy (non-hydrogen) atoms. The Bertz CT molecular complexity index is 297. The van der Waals surface area contributed by atoms with Crippen LogP contribution in [-0.2, 0) is 4.74 Å². The normalized spacial score (nSPS) is 31.6. The molecule has 2 aliphatic rings. The number of carbonyl (C=O) groups excluding carboxylic acids is 1. The Balaban J connectivity index is 1.77. The van der Waals surface area contributed by atoms with Gasteiger partial charge in [-0.1, -0.05) is 13.8 Å². The fourth-order valence-corrected chi connectivity index (χ4v) is 2.63. The van der Waals surface area contributed by atoms with Crippen molar-refractivity contribution in [3.63, 3.8) is 0 Å². The third-order valence-corrected chi connectivity index (χ3v) is 3.37. The molecule has 1 amide bonds. The van der Waals surface area contributed by atoms with Gasteiger partial charge in [0.05, 0.1) is 0 Å². The van der Waals surface area contributed by atoms with E-state index in [0.29, 0.717) is 23.9 Å². The highest BCUT2D eigenvalue weighted by Crippen LogP contribution is 2.45. The molecule has 98 valence electrons. The summed E-state index contributed by atoms with van der Waals surface area (Å²) in [4.78, 5) is 13.7. The van der Waals surface area contributed by atoms with Gasteiger partial charge in [0.15, 0.2) is 0 Å². The number of hydrogen-bond donors (Lipinski definition) is 1. The van der Waals surface area contributed by atoms with Gasteiger partial charge in [-0.3, -0.25) is 0 Å². The predicted octanol–water partition coefficient (Wildman–Crippen LogP) is 1.85. The van der Waals surface area contributed by atoms with Gasteiger partial charge in [0.2, 0.25) is 0 Å². The number of amides is 1. The van der Waals surface area contributed by atoms with Crippen LogP contribution in [0.1, 0.15) is 34.6 Å². The molecule has 1 aliphatic carbocycles. The molecule has 1 aliphatic heterocycles. The van der Waals surface area contributed by atoms with Crippen molar-refractivity contribution in [2.45, 2.75) is 52.3 Å². The van der Waals surface area contributed by atoms with Crippen molar-refractivity contribution in [1.29, 1.82) is 0 Å². The number of nitrogens with one attached hydrogen (secondary N) is 1. The fourth-order valence-electron chi connectivity index (χ4n) is 2.63. The molecule has 2 fully saturated rings. The number of hydrogen-bond acceptors (Lipinski definition) is 3. The summed E-state index contributed by atoms with van der Waals surface area (Å²) in [6, 6.07) is 1.15. The Morgan fingerprint density at radius 3 is 2.24 bits per heavy atom. The molecule has 1 saturated carbocycles. The largest absolute Gasteiger partial charge is 0.444 e. The molecule has 0 spiro atoms. The Labute approximate surface area is 104 Å². The van der Waals surface area contributed by atoms with Crippen molar-refractivity contribution in [2.75, 3.05) is 13.1 Å². The van der Waals surface area contributed by atoms with Crippen LogP contribution in [0.15, 0.2) is 0 Å². The highest BCUT2D eigenvalue weighted by molar-refractivity contribution is 5.69. The lowest BCUT2D eigenvalue weighted by Crippen LogP contribution is -2.40. The number of piperidine rings is 1. The Morgan fingerprint density at radius 2 is 1.82 bits per heavy atom. The maximum absolute atomic E-state index is 11.8. The van der Waals surface area contributed by atoms with Crippen LogP contribution in [0.5, 0.6) is 0 Å². The zero-order chi connectivity index (χ0) is 12.8. The first-order valence-corrected chi connectivity index (χ1v) is 6.52. The molecule has 1 saturated heterocycles. The summed E-state index contributed by atoms with van der Waals surface area (Å²) in [6.45, 7) is 11.8. The smallest absolute Gasteiger partial charge is 0.410 e. The highest BCUT2D eigenvalue weighted by Gasteiger charge is 2.57. The number of fused-ring (bicyclic) bond motifs is 1. The molecule has 4 heteroatoms. The summed E-state index contributed by atoms with van der Waals surface area (Å²) in [5.74, 6) is 1.29. The minimum absolute atomic E-state index is 0.159. The zero-order valence-electron chi connectivity index (χ0n) is 11.5. The number of nitrogens with zero attached hydrogens (tertiary/aromatic N) is 1. The average Bonchev–Trinajstić information content (AvgIpc) is 2.59. The van der Waals surface area contributed by atoms with E-state index in [0.717, 1.165) is 13.1 Å². The molecular formula is C13H24N2O2. The van der Waals surface area contributed by atoms with Crippen molar-refractivity contribution >= 4 is 6.09 Å². The van der Waals surface area contributed by atoms with Crippen molar-refractivity contribution < 1.29 is 9.53 Å². The molecule has 2 unspecified atom stereocenters. The van der Waals surface area contributed by atoms with Crippen molar-refractivity contribution in [3.05, 3.63) is 0 Å². The molecule has 2 atom stereocenters. The monoisotopic (exact) mass is 240 g/mol. The van der Waals surface area contributed by atoms with E-state index in [2.05, 4.69) is 19.2 Å². The molecular weight excluding hydrogens is 216 g/mol. The summed E-state index contributed by atoms with van der Waals surface area (Å²) in [7, 11) is 0. The first-order valence-electron chi connectivity index (χ1n) is 6.52. The van der Waals surface area contributed by atoms with Crippen LogP contribution in [0, 0.1) is 11.8 Å². The number of likely N-dealkylation sites (tertiary alicyclic amines) is 1. The van der Waals surface area contributed by atoms with Crippen molar-refractivity contribution in [3.8, 4) is 0 Å². The van der Waals surface area contributed by atoms with Gasteiger partial charge in [-0.15, -0.1) is 0 Å². The van der Waals surface area contributed by atoms with Gasteiger partial charge >= 0.3 is 6.09 Å². The van der Waals surface area contributed by atoms with Crippen LogP contribution in [0.25, 0.3) is 0 Å². The first kappa shape index (κ1) is 12.7. The number of rotatable bonds is 2. The quantitative estimate of drug-likeness (QED) is 0.801. The second-order valence-corrected chi connectivity index (χ2v) is 6.56. The van der Waals surface area contributed by atoms with Crippen LogP contribution in [0.2, 0.25) is 0 Å². The van der Waals surface area contributed by atoms with E-state index in [1.807, 2.05) is 25.7 Å². The van der Waals surface area contributed by atoms with Crippen LogP contribution in [0.3, 0.4) is 0 Å². The van der Waals surface area contributed by atoms with E-state index in [4.69, 9.17) is 4.74 Å². The molecule has 1 heterocycles. The predicted molar refractivity (Wildman–Crippen MR) is 66.8 cm³/mol. The van der Waals surface area contributed by atoms with Gasteiger partial charge < -0.3 is 15.0 Å². The summed E-state index contributed by atoms with van der Waals surface area (Å²) in [5.41, 5.74) is -0.389. The topological polar surface area (TPSA) is 41.6 Å². The van der Waals surface area contributed by atoms with Crippen LogP contribution in [0.4, 0.5) is 4.79 Å².